The highest BCUT2D eigenvalue weighted by Gasteiger charge is 2.15. The largest absolute Gasteiger partial charge is 0.317 e. The van der Waals surface area contributed by atoms with Gasteiger partial charge in [0, 0.05) is 12.1 Å². The molecule has 1 unspecified atom stereocenters. The van der Waals surface area contributed by atoms with E-state index in [1.165, 1.54) is 24.0 Å². The molecule has 1 aliphatic rings. The summed E-state index contributed by atoms with van der Waals surface area (Å²) in [6, 6.07) is 9.98. The highest BCUT2D eigenvalue weighted by atomic mass is 15.0. The van der Waals surface area contributed by atoms with Crippen molar-refractivity contribution < 1.29 is 0 Å². The summed E-state index contributed by atoms with van der Waals surface area (Å²) in [5.41, 5.74) is 2.72. The second-order valence-corrected chi connectivity index (χ2v) is 4.82. The van der Waals surface area contributed by atoms with Crippen molar-refractivity contribution in [1.82, 2.24) is 10.6 Å². The maximum absolute atomic E-state index is 3.71. The third-order valence-electron chi connectivity index (χ3n) is 3.40. The fraction of sp³-hybridized carbons (Fsp3) is 0.571. The molecule has 1 heterocycles. The average Bonchev–Trinajstić information content (AvgIpc) is 2.31. The number of aryl methyl sites for hydroxylation is 1. The fourth-order valence-electron chi connectivity index (χ4n) is 2.29. The molecule has 1 aliphatic heterocycles. The van der Waals surface area contributed by atoms with Gasteiger partial charge in [0.25, 0.3) is 0 Å². The lowest BCUT2D eigenvalue weighted by Gasteiger charge is -2.27. The van der Waals surface area contributed by atoms with Gasteiger partial charge in [0.2, 0.25) is 0 Å². The van der Waals surface area contributed by atoms with Gasteiger partial charge in [-0.25, -0.2) is 0 Å². The Morgan fingerprint density at radius 2 is 1.81 bits per heavy atom. The number of rotatable bonds is 3. The second-order valence-electron chi connectivity index (χ2n) is 4.82. The van der Waals surface area contributed by atoms with Crippen LogP contribution in [0, 0.1) is 6.92 Å². The molecule has 0 bridgehead atoms. The van der Waals surface area contributed by atoms with Gasteiger partial charge >= 0.3 is 0 Å². The minimum atomic E-state index is 0.462. The van der Waals surface area contributed by atoms with Gasteiger partial charge in [0.15, 0.2) is 0 Å². The molecule has 0 amide bonds. The van der Waals surface area contributed by atoms with Crippen molar-refractivity contribution >= 4 is 0 Å². The van der Waals surface area contributed by atoms with Crippen LogP contribution in [-0.2, 0) is 0 Å². The van der Waals surface area contributed by atoms with Crippen LogP contribution in [0.2, 0.25) is 0 Å². The molecule has 2 nitrogen and oxygen atoms in total. The Kier molecular flexibility index (Phi) is 3.97. The van der Waals surface area contributed by atoms with Crippen LogP contribution in [0.4, 0.5) is 0 Å². The Balaban J connectivity index is 1.91. The van der Waals surface area contributed by atoms with E-state index in [4.69, 9.17) is 0 Å². The molecule has 0 aliphatic carbocycles. The highest BCUT2D eigenvalue weighted by molar-refractivity contribution is 5.23. The summed E-state index contributed by atoms with van der Waals surface area (Å²) in [4.78, 5) is 0. The monoisotopic (exact) mass is 218 g/mol. The van der Waals surface area contributed by atoms with Crippen LogP contribution in [0.15, 0.2) is 24.3 Å². The van der Waals surface area contributed by atoms with E-state index in [1.54, 1.807) is 0 Å². The Morgan fingerprint density at radius 3 is 2.44 bits per heavy atom. The molecule has 1 aromatic rings. The molecule has 0 saturated carbocycles. The highest BCUT2D eigenvalue weighted by Crippen LogP contribution is 2.15. The summed E-state index contributed by atoms with van der Waals surface area (Å²) in [7, 11) is 0. The summed E-state index contributed by atoms with van der Waals surface area (Å²) in [6.07, 6.45) is 2.49. The zero-order valence-electron chi connectivity index (χ0n) is 10.3. The number of piperidine rings is 1. The zero-order chi connectivity index (χ0) is 11.4. The SMILES string of the molecule is Cc1ccc(C(C)NC2CCNCC2)cc1. The van der Waals surface area contributed by atoms with Crippen molar-refractivity contribution in [2.45, 2.75) is 38.8 Å². The fourth-order valence-corrected chi connectivity index (χ4v) is 2.29. The molecule has 1 aromatic carbocycles. The normalized spacial score (nSPS) is 19.6. The first-order valence-electron chi connectivity index (χ1n) is 6.29. The van der Waals surface area contributed by atoms with Crippen LogP contribution in [0.25, 0.3) is 0 Å². The van der Waals surface area contributed by atoms with Crippen LogP contribution in [0.3, 0.4) is 0 Å². The van der Waals surface area contributed by atoms with Gasteiger partial charge in [-0.2, -0.15) is 0 Å². The van der Waals surface area contributed by atoms with Crippen LogP contribution in [-0.4, -0.2) is 19.1 Å². The molecule has 2 rings (SSSR count). The lowest BCUT2D eigenvalue weighted by Crippen LogP contribution is -2.40. The van der Waals surface area contributed by atoms with Gasteiger partial charge in [0.1, 0.15) is 0 Å². The zero-order valence-corrected chi connectivity index (χ0v) is 10.3. The van der Waals surface area contributed by atoms with E-state index in [1.807, 2.05) is 0 Å². The van der Waals surface area contributed by atoms with Gasteiger partial charge in [-0.05, 0) is 45.3 Å². The van der Waals surface area contributed by atoms with Crippen LogP contribution in [0.1, 0.15) is 36.9 Å². The molecular formula is C14H22N2. The second kappa shape index (κ2) is 5.46. The van der Waals surface area contributed by atoms with Crippen LogP contribution < -0.4 is 10.6 Å². The van der Waals surface area contributed by atoms with Crippen LogP contribution >= 0.6 is 0 Å². The van der Waals surface area contributed by atoms with Crippen molar-refractivity contribution in [3.8, 4) is 0 Å². The quantitative estimate of drug-likeness (QED) is 0.814. The maximum atomic E-state index is 3.71. The van der Waals surface area contributed by atoms with Crippen molar-refractivity contribution in [2.24, 2.45) is 0 Å². The molecular weight excluding hydrogens is 196 g/mol. The van der Waals surface area contributed by atoms with Crippen LogP contribution in [0.5, 0.6) is 0 Å². The van der Waals surface area contributed by atoms with E-state index >= 15 is 0 Å². The number of hydrogen-bond donors (Lipinski definition) is 2. The van der Waals surface area contributed by atoms with Crippen molar-refractivity contribution in [3.05, 3.63) is 35.4 Å². The third kappa shape index (κ3) is 3.06. The summed E-state index contributed by atoms with van der Waals surface area (Å²) in [5, 5.41) is 7.11. The van der Waals surface area contributed by atoms with E-state index in [2.05, 4.69) is 48.7 Å². The van der Waals surface area contributed by atoms with Crippen molar-refractivity contribution in [2.75, 3.05) is 13.1 Å². The molecule has 2 heteroatoms. The topological polar surface area (TPSA) is 24.1 Å². The predicted octanol–water partition coefficient (Wildman–Crippen LogP) is 2.40. The molecule has 0 aromatic heterocycles. The molecule has 0 spiro atoms. The van der Waals surface area contributed by atoms with Gasteiger partial charge in [-0.1, -0.05) is 29.8 Å². The maximum Gasteiger partial charge on any atom is 0.0294 e. The van der Waals surface area contributed by atoms with E-state index in [0.717, 1.165) is 13.1 Å². The number of benzene rings is 1. The standard InChI is InChI=1S/C14H22N2/c1-11-3-5-13(6-4-11)12(2)16-14-7-9-15-10-8-14/h3-6,12,14-16H,7-10H2,1-2H3. The minimum absolute atomic E-state index is 0.462. The van der Waals surface area contributed by atoms with Gasteiger partial charge < -0.3 is 10.6 Å². The van der Waals surface area contributed by atoms with E-state index in [0.29, 0.717) is 12.1 Å². The Hall–Kier alpha value is -0.860. The molecule has 1 atom stereocenters. The Bertz CT molecular complexity index is 312. The summed E-state index contributed by atoms with van der Waals surface area (Å²) < 4.78 is 0. The van der Waals surface area contributed by atoms with E-state index < -0.39 is 0 Å². The number of hydrogen-bond acceptors (Lipinski definition) is 2. The first kappa shape index (κ1) is 11.6. The lowest BCUT2D eigenvalue weighted by molar-refractivity contribution is 0.359. The number of nitrogens with one attached hydrogen (secondary N) is 2. The first-order chi connectivity index (χ1) is 7.75. The molecule has 1 saturated heterocycles. The van der Waals surface area contributed by atoms with Gasteiger partial charge in [-0.15, -0.1) is 0 Å². The van der Waals surface area contributed by atoms with E-state index in [9.17, 15) is 0 Å². The Morgan fingerprint density at radius 1 is 1.19 bits per heavy atom. The molecule has 16 heavy (non-hydrogen) atoms. The molecule has 0 radical (unpaired) electrons. The summed E-state index contributed by atoms with van der Waals surface area (Å²) >= 11 is 0. The predicted molar refractivity (Wildman–Crippen MR) is 68.6 cm³/mol. The van der Waals surface area contributed by atoms with Crippen molar-refractivity contribution in [1.29, 1.82) is 0 Å². The van der Waals surface area contributed by atoms with Gasteiger partial charge in [-0.3, -0.25) is 0 Å². The van der Waals surface area contributed by atoms with Crippen molar-refractivity contribution in [3.63, 3.8) is 0 Å². The van der Waals surface area contributed by atoms with Gasteiger partial charge in [0.05, 0.1) is 0 Å². The Labute approximate surface area is 98.4 Å². The molecule has 2 N–H and O–H groups in total. The third-order valence-corrected chi connectivity index (χ3v) is 3.40. The minimum Gasteiger partial charge on any atom is -0.317 e. The summed E-state index contributed by atoms with van der Waals surface area (Å²) in [6.45, 7) is 6.69. The average molecular weight is 218 g/mol. The smallest absolute Gasteiger partial charge is 0.0294 e. The molecule has 1 fully saturated rings. The molecule has 88 valence electrons. The first-order valence-corrected chi connectivity index (χ1v) is 6.29. The summed E-state index contributed by atoms with van der Waals surface area (Å²) in [5.74, 6) is 0. The van der Waals surface area contributed by atoms with E-state index in [-0.39, 0.29) is 0 Å². The lowest BCUT2D eigenvalue weighted by atomic mass is 10.0.